The van der Waals surface area contributed by atoms with Gasteiger partial charge in [0.25, 0.3) is 5.91 Å². The van der Waals surface area contributed by atoms with Crippen molar-refractivity contribution in [3.8, 4) is 11.5 Å². The number of primary amides is 1. The van der Waals surface area contributed by atoms with Gasteiger partial charge in [0.05, 0.1) is 0 Å². The maximum atomic E-state index is 12.0. The summed E-state index contributed by atoms with van der Waals surface area (Å²) in [6.45, 7) is 3.76. The number of hydrogen-bond donors (Lipinski definition) is 3. The summed E-state index contributed by atoms with van der Waals surface area (Å²) in [4.78, 5) is 34.9. The van der Waals surface area contributed by atoms with Crippen LogP contribution in [0.3, 0.4) is 0 Å². The zero-order valence-corrected chi connectivity index (χ0v) is 14.7. The molecule has 0 spiro atoms. The van der Waals surface area contributed by atoms with Gasteiger partial charge in [0.2, 0.25) is 6.79 Å². The molecular weight excluding hydrogens is 342 g/mol. The first-order valence-electron chi connectivity index (χ1n) is 8.23. The van der Waals surface area contributed by atoms with Crippen LogP contribution in [0, 0.1) is 5.92 Å². The molecule has 0 saturated heterocycles. The van der Waals surface area contributed by atoms with Gasteiger partial charge in [0, 0.05) is 6.54 Å². The third-order valence-corrected chi connectivity index (χ3v) is 3.58. The van der Waals surface area contributed by atoms with E-state index >= 15 is 0 Å². The normalized spacial score (nSPS) is 13.2. The minimum absolute atomic E-state index is 0.138. The Kier molecular flexibility index (Phi) is 6.65. The van der Waals surface area contributed by atoms with Crippen LogP contribution in [-0.4, -0.2) is 37.3 Å². The van der Waals surface area contributed by atoms with E-state index in [-0.39, 0.29) is 19.3 Å². The van der Waals surface area contributed by atoms with Gasteiger partial charge in [-0.1, -0.05) is 19.9 Å². The molecule has 1 heterocycles. The van der Waals surface area contributed by atoms with Crippen molar-refractivity contribution in [2.24, 2.45) is 11.7 Å². The molecule has 9 heteroatoms. The summed E-state index contributed by atoms with van der Waals surface area (Å²) < 4.78 is 15.4. The maximum Gasteiger partial charge on any atom is 0.329 e. The van der Waals surface area contributed by atoms with Crippen molar-refractivity contribution in [2.75, 3.05) is 13.4 Å². The number of carbonyl (C=O) groups is 3. The van der Waals surface area contributed by atoms with Crippen molar-refractivity contribution >= 4 is 17.9 Å². The molecule has 26 heavy (non-hydrogen) atoms. The predicted molar refractivity (Wildman–Crippen MR) is 91.3 cm³/mol. The highest BCUT2D eigenvalue weighted by Gasteiger charge is 2.23. The largest absolute Gasteiger partial charge is 0.454 e. The monoisotopic (exact) mass is 365 g/mol. The fraction of sp³-hybridized carbons (Fsp3) is 0.471. The number of nitrogens with two attached hydrogens (primary N) is 1. The molecule has 0 saturated carbocycles. The highest BCUT2D eigenvalue weighted by atomic mass is 16.7. The van der Waals surface area contributed by atoms with Crippen LogP contribution in [0.15, 0.2) is 18.2 Å². The fourth-order valence-corrected chi connectivity index (χ4v) is 2.40. The predicted octanol–water partition coefficient (Wildman–Crippen LogP) is 0.658. The first kappa shape index (κ1) is 19.4. The highest BCUT2D eigenvalue weighted by molar-refractivity contribution is 5.85. The third kappa shape index (κ3) is 5.83. The van der Waals surface area contributed by atoms with Crippen molar-refractivity contribution in [3.05, 3.63) is 23.8 Å². The smallest absolute Gasteiger partial charge is 0.329 e. The molecule has 0 bridgehead atoms. The summed E-state index contributed by atoms with van der Waals surface area (Å²) in [6, 6.07) is 3.63. The first-order valence-corrected chi connectivity index (χ1v) is 8.23. The Labute approximate surface area is 151 Å². The number of rotatable bonds is 8. The third-order valence-electron chi connectivity index (χ3n) is 3.58. The summed E-state index contributed by atoms with van der Waals surface area (Å²) >= 11 is 0. The molecule has 1 aliphatic heterocycles. The quantitative estimate of drug-likeness (QED) is 0.580. The van der Waals surface area contributed by atoms with Crippen LogP contribution >= 0.6 is 0 Å². The van der Waals surface area contributed by atoms with Crippen molar-refractivity contribution < 1.29 is 28.6 Å². The van der Waals surface area contributed by atoms with Gasteiger partial charge < -0.3 is 30.6 Å². The van der Waals surface area contributed by atoms with Gasteiger partial charge in [-0.25, -0.2) is 9.59 Å². The number of benzene rings is 1. The Morgan fingerprint density at radius 2 is 1.96 bits per heavy atom. The first-order chi connectivity index (χ1) is 12.3. The van der Waals surface area contributed by atoms with Crippen LogP contribution in [0.4, 0.5) is 4.79 Å². The van der Waals surface area contributed by atoms with Gasteiger partial charge >= 0.3 is 12.0 Å². The van der Waals surface area contributed by atoms with E-state index in [1.54, 1.807) is 18.2 Å². The minimum atomic E-state index is -0.880. The molecule has 1 aliphatic rings. The zero-order valence-electron chi connectivity index (χ0n) is 14.7. The molecule has 142 valence electrons. The Hall–Kier alpha value is -2.97. The summed E-state index contributed by atoms with van der Waals surface area (Å²) in [7, 11) is 0. The molecule has 0 radical (unpaired) electrons. The molecule has 0 aromatic heterocycles. The van der Waals surface area contributed by atoms with Gasteiger partial charge in [-0.2, -0.15) is 0 Å². The summed E-state index contributed by atoms with van der Waals surface area (Å²) in [5.74, 6) is 0.262. The molecule has 3 amide bonds. The number of hydrogen-bond acceptors (Lipinski definition) is 6. The molecule has 1 aromatic rings. The van der Waals surface area contributed by atoms with Crippen molar-refractivity contribution in [1.82, 2.24) is 10.6 Å². The number of fused-ring (bicyclic) bond motifs is 1. The zero-order chi connectivity index (χ0) is 19.1. The molecule has 4 N–H and O–H groups in total. The Morgan fingerprint density at radius 1 is 1.23 bits per heavy atom. The lowest BCUT2D eigenvalue weighted by molar-refractivity contribution is -0.150. The van der Waals surface area contributed by atoms with E-state index in [0.717, 1.165) is 5.56 Å². The summed E-state index contributed by atoms with van der Waals surface area (Å²) in [5.41, 5.74) is 5.88. The van der Waals surface area contributed by atoms with Gasteiger partial charge in [-0.15, -0.1) is 0 Å². The fourth-order valence-electron chi connectivity index (χ4n) is 2.40. The van der Waals surface area contributed by atoms with Gasteiger partial charge in [-0.3, -0.25) is 4.79 Å². The number of ether oxygens (including phenoxy) is 3. The van der Waals surface area contributed by atoms with Crippen LogP contribution in [0.2, 0.25) is 0 Å². The maximum absolute atomic E-state index is 12.0. The van der Waals surface area contributed by atoms with Crippen LogP contribution in [0.1, 0.15) is 25.8 Å². The lowest BCUT2D eigenvalue weighted by Crippen LogP contribution is -2.45. The molecule has 0 fully saturated rings. The second kappa shape index (κ2) is 8.93. The molecule has 1 atom stereocenters. The topological polar surface area (TPSA) is 129 Å². The highest BCUT2D eigenvalue weighted by Crippen LogP contribution is 2.32. The average Bonchev–Trinajstić information content (AvgIpc) is 3.04. The molecule has 0 aliphatic carbocycles. The molecule has 9 nitrogen and oxygen atoms in total. The standard InChI is InChI=1S/C17H23N3O6/c1-10(2)5-12(20-17(18)23)16(22)24-8-15(21)19-7-11-3-4-13-14(6-11)26-9-25-13/h3-4,6,10,12H,5,7-9H2,1-2H3,(H,19,21)(H3,18,20,23)/t12-/m0/s1. The average molecular weight is 365 g/mol. The van der Waals surface area contributed by atoms with E-state index in [4.69, 9.17) is 19.9 Å². The number of nitrogens with one attached hydrogen (secondary N) is 2. The Balaban J connectivity index is 1.78. The molecule has 0 unspecified atom stereocenters. The van der Waals surface area contributed by atoms with Crippen LogP contribution in [-0.2, 0) is 20.9 Å². The second-order valence-electron chi connectivity index (χ2n) is 6.26. The summed E-state index contributed by atoms with van der Waals surface area (Å²) in [6.07, 6.45) is 0.362. The van der Waals surface area contributed by atoms with E-state index in [0.29, 0.717) is 17.9 Å². The number of amides is 3. The van der Waals surface area contributed by atoms with E-state index in [2.05, 4.69) is 10.6 Å². The lowest BCUT2D eigenvalue weighted by Gasteiger charge is -2.18. The molecule has 2 rings (SSSR count). The number of urea groups is 1. The van der Waals surface area contributed by atoms with E-state index < -0.39 is 30.6 Å². The van der Waals surface area contributed by atoms with E-state index in [9.17, 15) is 14.4 Å². The molecular formula is C17H23N3O6. The SMILES string of the molecule is CC(C)C[C@H](NC(N)=O)C(=O)OCC(=O)NCc1ccc2c(c1)OCO2. The second-order valence-corrected chi connectivity index (χ2v) is 6.26. The molecule has 1 aromatic carbocycles. The van der Waals surface area contributed by atoms with Crippen LogP contribution in [0.25, 0.3) is 0 Å². The number of carbonyl (C=O) groups excluding carboxylic acids is 3. The lowest BCUT2D eigenvalue weighted by atomic mass is 10.0. The van der Waals surface area contributed by atoms with Crippen molar-refractivity contribution in [3.63, 3.8) is 0 Å². The minimum Gasteiger partial charge on any atom is -0.454 e. The van der Waals surface area contributed by atoms with E-state index in [1.807, 2.05) is 13.8 Å². The number of esters is 1. The van der Waals surface area contributed by atoms with Crippen molar-refractivity contribution in [1.29, 1.82) is 0 Å². The van der Waals surface area contributed by atoms with Gasteiger partial charge in [-0.05, 0) is 30.0 Å². The van der Waals surface area contributed by atoms with Gasteiger partial charge in [0.1, 0.15) is 6.04 Å². The Bertz CT molecular complexity index is 676. The van der Waals surface area contributed by atoms with Crippen molar-refractivity contribution in [2.45, 2.75) is 32.9 Å². The van der Waals surface area contributed by atoms with E-state index in [1.165, 1.54) is 0 Å². The Morgan fingerprint density at radius 3 is 2.65 bits per heavy atom. The summed E-state index contributed by atoms with van der Waals surface area (Å²) in [5, 5.41) is 4.96. The van der Waals surface area contributed by atoms with Gasteiger partial charge in [0.15, 0.2) is 18.1 Å². The van der Waals surface area contributed by atoms with Crippen LogP contribution in [0.5, 0.6) is 11.5 Å². The van der Waals surface area contributed by atoms with Crippen LogP contribution < -0.4 is 25.8 Å².